The zero-order valence-corrected chi connectivity index (χ0v) is 11.2. The Bertz CT molecular complexity index is 385. The molecular weight excluding hydrogens is 210 g/mol. The Balaban J connectivity index is 2.43. The van der Waals surface area contributed by atoms with Crippen molar-refractivity contribution in [3.63, 3.8) is 0 Å². The van der Waals surface area contributed by atoms with Gasteiger partial charge in [-0.3, -0.25) is 0 Å². The Labute approximate surface area is 104 Å². The first-order valence-electron chi connectivity index (χ1n) is 6.79. The van der Waals surface area contributed by atoms with Gasteiger partial charge in [-0.05, 0) is 25.7 Å². The highest BCUT2D eigenvalue weighted by molar-refractivity contribution is 5.47. The Morgan fingerprint density at radius 2 is 1.71 bits per heavy atom. The third kappa shape index (κ3) is 2.76. The second kappa shape index (κ2) is 5.48. The van der Waals surface area contributed by atoms with Crippen molar-refractivity contribution in [3.05, 3.63) is 17.1 Å². The minimum Gasteiger partial charge on any atom is -0.373 e. The Hall–Kier alpha value is -1.12. The second-order valence-corrected chi connectivity index (χ2v) is 5.17. The van der Waals surface area contributed by atoms with Gasteiger partial charge in [0.1, 0.15) is 11.6 Å². The van der Waals surface area contributed by atoms with E-state index in [1.807, 2.05) is 7.05 Å². The number of nitrogens with zero attached hydrogens (tertiary/aromatic N) is 2. The van der Waals surface area contributed by atoms with Crippen molar-refractivity contribution in [2.75, 3.05) is 12.4 Å². The number of rotatable bonds is 2. The van der Waals surface area contributed by atoms with Crippen LogP contribution in [0.1, 0.15) is 62.5 Å². The lowest BCUT2D eigenvalue weighted by Crippen LogP contribution is -2.12. The molecule has 94 valence electrons. The summed E-state index contributed by atoms with van der Waals surface area (Å²) in [6.45, 7) is 4.31. The molecule has 1 aliphatic carbocycles. The largest absolute Gasteiger partial charge is 0.373 e. The van der Waals surface area contributed by atoms with Crippen molar-refractivity contribution in [1.29, 1.82) is 0 Å². The number of aryl methyl sites for hydroxylation is 1. The SMILES string of the molecule is CNc1nc(C(C)C)nc2c1CCCCCC2. The smallest absolute Gasteiger partial charge is 0.133 e. The van der Waals surface area contributed by atoms with Crippen LogP contribution in [0.3, 0.4) is 0 Å². The summed E-state index contributed by atoms with van der Waals surface area (Å²) in [5, 5.41) is 3.25. The van der Waals surface area contributed by atoms with Crippen LogP contribution in [-0.4, -0.2) is 17.0 Å². The fourth-order valence-corrected chi connectivity index (χ4v) is 2.43. The van der Waals surface area contributed by atoms with Crippen molar-refractivity contribution in [3.8, 4) is 0 Å². The number of fused-ring (bicyclic) bond motifs is 1. The van der Waals surface area contributed by atoms with E-state index in [1.165, 1.54) is 36.9 Å². The van der Waals surface area contributed by atoms with Crippen LogP contribution in [0, 0.1) is 0 Å². The van der Waals surface area contributed by atoms with Crippen LogP contribution in [0.2, 0.25) is 0 Å². The highest BCUT2D eigenvalue weighted by Gasteiger charge is 2.16. The first kappa shape index (κ1) is 12.3. The molecule has 3 heteroatoms. The summed E-state index contributed by atoms with van der Waals surface area (Å²) in [6.07, 6.45) is 7.47. The van der Waals surface area contributed by atoms with Gasteiger partial charge >= 0.3 is 0 Å². The summed E-state index contributed by atoms with van der Waals surface area (Å²) in [7, 11) is 1.96. The summed E-state index contributed by atoms with van der Waals surface area (Å²) >= 11 is 0. The van der Waals surface area contributed by atoms with Crippen LogP contribution in [0.4, 0.5) is 5.82 Å². The van der Waals surface area contributed by atoms with E-state index in [0.29, 0.717) is 5.92 Å². The molecule has 2 rings (SSSR count). The third-order valence-electron chi connectivity index (χ3n) is 3.45. The fraction of sp³-hybridized carbons (Fsp3) is 0.714. The zero-order valence-electron chi connectivity index (χ0n) is 11.2. The average Bonchev–Trinajstić information content (AvgIpc) is 2.28. The first-order valence-corrected chi connectivity index (χ1v) is 6.79. The average molecular weight is 233 g/mol. The summed E-state index contributed by atoms with van der Waals surface area (Å²) in [5.41, 5.74) is 2.64. The summed E-state index contributed by atoms with van der Waals surface area (Å²) in [4.78, 5) is 9.43. The molecule has 0 spiro atoms. The number of hydrogen-bond donors (Lipinski definition) is 1. The number of aromatic nitrogens is 2. The fourth-order valence-electron chi connectivity index (χ4n) is 2.43. The van der Waals surface area contributed by atoms with Gasteiger partial charge in [0.25, 0.3) is 0 Å². The standard InChI is InChI=1S/C14H23N3/c1-10(2)13-16-12-9-7-5-4-6-8-11(12)14(15-3)17-13/h10H,4-9H2,1-3H3,(H,15,16,17). The van der Waals surface area contributed by atoms with Gasteiger partial charge in [-0.1, -0.05) is 26.7 Å². The maximum atomic E-state index is 4.77. The number of anilines is 1. The van der Waals surface area contributed by atoms with E-state index in [1.54, 1.807) is 0 Å². The molecule has 17 heavy (non-hydrogen) atoms. The van der Waals surface area contributed by atoms with Crippen LogP contribution >= 0.6 is 0 Å². The van der Waals surface area contributed by atoms with E-state index in [9.17, 15) is 0 Å². The molecule has 0 amide bonds. The van der Waals surface area contributed by atoms with Crippen molar-refractivity contribution in [2.24, 2.45) is 0 Å². The lowest BCUT2D eigenvalue weighted by molar-refractivity contribution is 0.601. The molecule has 1 N–H and O–H groups in total. The highest BCUT2D eigenvalue weighted by Crippen LogP contribution is 2.25. The maximum absolute atomic E-state index is 4.77. The molecule has 0 bridgehead atoms. The van der Waals surface area contributed by atoms with Crippen LogP contribution in [-0.2, 0) is 12.8 Å². The van der Waals surface area contributed by atoms with Gasteiger partial charge < -0.3 is 5.32 Å². The van der Waals surface area contributed by atoms with Crippen molar-refractivity contribution < 1.29 is 0 Å². The summed E-state index contributed by atoms with van der Waals surface area (Å²) < 4.78 is 0. The molecule has 0 aliphatic heterocycles. The molecule has 0 saturated carbocycles. The molecule has 1 aromatic rings. The quantitative estimate of drug-likeness (QED) is 0.851. The molecular formula is C14H23N3. The Morgan fingerprint density at radius 1 is 1.00 bits per heavy atom. The lowest BCUT2D eigenvalue weighted by atomic mass is 9.97. The van der Waals surface area contributed by atoms with Gasteiger partial charge in [0, 0.05) is 24.2 Å². The first-order chi connectivity index (χ1) is 8.22. The number of hydrogen-bond acceptors (Lipinski definition) is 3. The zero-order chi connectivity index (χ0) is 12.3. The van der Waals surface area contributed by atoms with E-state index in [-0.39, 0.29) is 0 Å². The molecule has 1 aromatic heterocycles. The Kier molecular flexibility index (Phi) is 3.97. The Morgan fingerprint density at radius 3 is 2.35 bits per heavy atom. The van der Waals surface area contributed by atoms with Crippen molar-refractivity contribution >= 4 is 5.82 Å². The van der Waals surface area contributed by atoms with Crippen molar-refractivity contribution in [1.82, 2.24) is 9.97 Å². The van der Waals surface area contributed by atoms with Crippen LogP contribution in [0.5, 0.6) is 0 Å². The predicted molar refractivity (Wildman–Crippen MR) is 71.5 cm³/mol. The van der Waals surface area contributed by atoms with Crippen LogP contribution < -0.4 is 5.32 Å². The molecule has 1 aliphatic rings. The second-order valence-electron chi connectivity index (χ2n) is 5.17. The molecule has 0 unspecified atom stereocenters. The van der Waals surface area contributed by atoms with Crippen LogP contribution in [0.15, 0.2) is 0 Å². The van der Waals surface area contributed by atoms with Gasteiger partial charge in [-0.2, -0.15) is 0 Å². The van der Waals surface area contributed by atoms with E-state index in [2.05, 4.69) is 24.1 Å². The minimum atomic E-state index is 0.401. The van der Waals surface area contributed by atoms with Crippen LogP contribution in [0.25, 0.3) is 0 Å². The number of nitrogens with one attached hydrogen (secondary N) is 1. The van der Waals surface area contributed by atoms with Gasteiger partial charge in [0.05, 0.1) is 0 Å². The predicted octanol–water partition coefficient (Wildman–Crippen LogP) is 3.30. The van der Waals surface area contributed by atoms with Gasteiger partial charge in [-0.25, -0.2) is 9.97 Å². The normalized spacial score (nSPS) is 16.2. The van der Waals surface area contributed by atoms with Gasteiger partial charge in [0.2, 0.25) is 0 Å². The highest BCUT2D eigenvalue weighted by atomic mass is 15.0. The maximum Gasteiger partial charge on any atom is 0.133 e. The summed E-state index contributed by atoms with van der Waals surface area (Å²) in [5.74, 6) is 2.44. The third-order valence-corrected chi connectivity index (χ3v) is 3.45. The van der Waals surface area contributed by atoms with E-state index in [0.717, 1.165) is 24.5 Å². The topological polar surface area (TPSA) is 37.8 Å². The van der Waals surface area contributed by atoms with E-state index >= 15 is 0 Å². The molecule has 1 heterocycles. The molecule has 0 fully saturated rings. The molecule has 0 saturated heterocycles. The molecule has 0 aromatic carbocycles. The van der Waals surface area contributed by atoms with E-state index in [4.69, 9.17) is 4.98 Å². The van der Waals surface area contributed by atoms with E-state index < -0.39 is 0 Å². The molecule has 0 radical (unpaired) electrons. The molecule has 0 atom stereocenters. The summed E-state index contributed by atoms with van der Waals surface area (Å²) in [6, 6.07) is 0. The van der Waals surface area contributed by atoms with Gasteiger partial charge in [0.15, 0.2) is 0 Å². The minimum absolute atomic E-state index is 0.401. The van der Waals surface area contributed by atoms with Gasteiger partial charge in [-0.15, -0.1) is 0 Å². The molecule has 3 nitrogen and oxygen atoms in total. The lowest BCUT2D eigenvalue weighted by Gasteiger charge is -2.18. The van der Waals surface area contributed by atoms with Crippen molar-refractivity contribution in [2.45, 2.75) is 58.3 Å². The monoisotopic (exact) mass is 233 g/mol.